The zero-order chi connectivity index (χ0) is 7.84. The highest BCUT2D eigenvalue weighted by Gasteiger charge is 2.05. The minimum absolute atomic E-state index is 0. The Morgan fingerprint density at radius 2 is 2.00 bits per heavy atom. The Morgan fingerprint density at radius 3 is 2.75 bits per heavy atom. The van der Waals surface area contributed by atoms with Gasteiger partial charge < -0.3 is 4.98 Å². The van der Waals surface area contributed by atoms with Gasteiger partial charge in [-0.3, -0.25) is 0 Å². The lowest BCUT2D eigenvalue weighted by Gasteiger charge is -1.90. The third-order valence-corrected chi connectivity index (χ3v) is 1.64. The highest BCUT2D eigenvalue weighted by atomic mass is 35.5. The van der Waals surface area contributed by atoms with E-state index in [0.29, 0.717) is 11.2 Å². The van der Waals surface area contributed by atoms with E-state index in [-0.39, 0.29) is 22.8 Å². The van der Waals surface area contributed by atoms with Crippen molar-refractivity contribution < 1.29 is 0 Å². The van der Waals surface area contributed by atoms with Gasteiger partial charge in [0.05, 0.1) is 6.33 Å². The third-order valence-electron chi connectivity index (χ3n) is 1.21. The molecule has 0 bridgehead atoms. The van der Waals surface area contributed by atoms with Gasteiger partial charge >= 0.3 is 0 Å². The fraction of sp³-hybridized carbons (Fsp3) is 0. The Hall–Kier alpha value is -0.580. The second-order valence-corrected chi connectivity index (χ2v) is 2.58. The molecule has 0 aliphatic heterocycles. The monoisotopic (exact) mass is 224 g/mol. The normalized spacial score (nSPS) is 9.83. The molecule has 0 atom stereocenters. The van der Waals surface area contributed by atoms with Gasteiger partial charge in [-0.15, -0.1) is 12.4 Å². The van der Waals surface area contributed by atoms with Gasteiger partial charge in [-0.1, -0.05) is 11.6 Å². The Kier molecular flexibility index (Phi) is 2.72. The molecule has 0 amide bonds. The average Bonchev–Trinajstić information content (AvgIpc) is 2.34. The number of aromatic amines is 1. The summed E-state index contributed by atoms with van der Waals surface area (Å²) < 4.78 is 0. The molecule has 0 radical (unpaired) electrons. The van der Waals surface area contributed by atoms with Gasteiger partial charge in [0.15, 0.2) is 10.8 Å². The van der Waals surface area contributed by atoms with Crippen LogP contribution in [-0.2, 0) is 0 Å². The first kappa shape index (κ1) is 9.51. The first-order valence-electron chi connectivity index (χ1n) is 2.79. The summed E-state index contributed by atoms with van der Waals surface area (Å²) in [5.74, 6) is 0. The number of fused-ring (bicyclic) bond motifs is 1. The van der Waals surface area contributed by atoms with E-state index in [9.17, 15) is 0 Å². The first-order chi connectivity index (χ1) is 5.27. The molecule has 0 unspecified atom stereocenters. The molecular formula is C5H3Cl3N4. The summed E-state index contributed by atoms with van der Waals surface area (Å²) in [6.07, 6.45) is 1.49. The van der Waals surface area contributed by atoms with Crippen molar-refractivity contribution in [2.24, 2.45) is 0 Å². The largest absolute Gasteiger partial charge is 0.329 e. The van der Waals surface area contributed by atoms with Crippen LogP contribution >= 0.6 is 35.6 Å². The predicted molar refractivity (Wildman–Crippen MR) is 49.0 cm³/mol. The van der Waals surface area contributed by atoms with E-state index >= 15 is 0 Å². The number of H-pyrrole nitrogens is 1. The summed E-state index contributed by atoms with van der Waals surface area (Å²) in [6, 6.07) is 0. The maximum Gasteiger partial charge on any atom is 0.225 e. The molecule has 0 aliphatic carbocycles. The van der Waals surface area contributed by atoms with Crippen molar-refractivity contribution in [1.82, 2.24) is 19.9 Å². The number of imidazole rings is 1. The Balaban J connectivity index is 0.000000720. The summed E-state index contributed by atoms with van der Waals surface area (Å²) in [7, 11) is 0. The van der Waals surface area contributed by atoms with Gasteiger partial charge in [0.2, 0.25) is 5.28 Å². The van der Waals surface area contributed by atoms with Crippen molar-refractivity contribution in [3.63, 3.8) is 0 Å². The van der Waals surface area contributed by atoms with Gasteiger partial charge in [0, 0.05) is 0 Å². The van der Waals surface area contributed by atoms with Gasteiger partial charge in [0.1, 0.15) is 5.52 Å². The Morgan fingerprint density at radius 1 is 1.25 bits per heavy atom. The molecule has 64 valence electrons. The molecule has 0 saturated carbocycles. The molecule has 2 aromatic heterocycles. The maximum atomic E-state index is 5.69. The van der Waals surface area contributed by atoms with Crippen LogP contribution < -0.4 is 0 Å². The van der Waals surface area contributed by atoms with Gasteiger partial charge in [-0.25, -0.2) is 9.97 Å². The highest BCUT2D eigenvalue weighted by molar-refractivity contribution is 6.35. The SMILES string of the molecule is Cl.Clc1nc(Cl)c2nc[nH]c2n1. The molecule has 0 aromatic carbocycles. The van der Waals surface area contributed by atoms with E-state index in [2.05, 4.69) is 19.9 Å². The van der Waals surface area contributed by atoms with Crippen LogP contribution in [0.25, 0.3) is 11.2 Å². The zero-order valence-electron chi connectivity index (χ0n) is 5.58. The number of hydrogen-bond donors (Lipinski definition) is 1. The van der Waals surface area contributed by atoms with Crippen LogP contribution in [0, 0.1) is 0 Å². The Labute approximate surface area is 83.7 Å². The van der Waals surface area contributed by atoms with E-state index in [0.717, 1.165) is 0 Å². The average molecular weight is 225 g/mol. The van der Waals surface area contributed by atoms with Crippen LogP contribution in [0.2, 0.25) is 10.4 Å². The molecule has 1 N–H and O–H groups in total. The number of rotatable bonds is 0. The van der Waals surface area contributed by atoms with E-state index in [1.54, 1.807) is 0 Å². The smallest absolute Gasteiger partial charge is 0.225 e. The lowest BCUT2D eigenvalue weighted by Crippen LogP contribution is -1.84. The van der Waals surface area contributed by atoms with Gasteiger partial charge in [0.25, 0.3) is 0 Å². The van der Waals surface area contributed by atoms with Crippen molar-refractivity contribution in [2.45, 2.75) is 0 Å². The summed E-state index contributed by atoms with van der Waals surface area (Å²) in [6.45, 7) is 0. The predicted octanol–water partition coefficient (Wildman–Crippen LogP) is 2.08. The molecule has 0 aliphatic rings. The number of nitrogens with one attached hydrogen (secondary N) is 1. The molecule has 4 nitrogen and oxygen atoms in total. The van der Waals surface area contributed by atoms with E-state index in [1.807, 2.05) is 0 Å². The molecule has 0 fully saturated rings. The summed E-state index contributed by atoms with van der Waals surface area (Å²) in [5.41, 5.74) is 1.09. The van der Waals surface area contributed by atoms with Crippen LogP contribution in [0.15, 0.2) is 6.33 Å². The molecule has 7 heteroatoms. The van der Waals surface area contributed by atoms with Crippen molar-refractivity contribution >= 4 is 46.8 Å². The zero-order valence-corrected chi connectivity index (χ0v) is 7.91. The van der Waals surface area contributed by atoms with E-state index in [1.165, 1.54) is 6.33 Å². The summed E-state index contributed by atoms with van der Waals surface area (Å²) in [4.78, 5) is 14.2. The Bertz CT molecular complexity index is 398. The molecule has 0 saturated heterocycles. The highest BCUT2D eigenvalue weighted by Crippen LogP contribution is 2.17. The number of nitrogens with zero attached hydrogens (tertiary/aromatic N) is 3. The molecule has 0 spiro atoms. The standard InChI is InChI=1S/C5H2Cl2N4.ClH/c6-3-2-4(9-1-8-2)11-5(7)10-3;/h1H,(H,8,9,10,11);1H. The number of halogens is 3. The number of aromatic nitrogens is 4. The number of hydrogen-bond acceptors (Lipinski definition) is 3. The molecule has 2 heterocycles. The quantitative estimate of drug-likeness (QED) is 0.552. The minimum atomic E-state index is 0. The minimum Gasteiger partial charge on any atom is -0.329 e. The van der Waals surface area contributed by atoms with Crippen molar-refractivity contribution in [3.05, 3.63) is 16.8 Å². The van der Waals surface area contributed by atoms with E-state index in [4.69, 9.17) is 23.2 Å². The molecule has 12 heavy (non-hydrogen) atoms. The summed E-state index contributed by atoms with van der Waals surface area (Å²) in [5, 5.41) is 0.382. The molecule has 2 aromatic rings. The molecular weight excluding hydrogens is 222 g/mol. The van der Waals surface area contributed by atoms with Crippen LogP contribution in [0.5, 0.6) is 0 Å². The van der Waals surface area contributed by atoms with Crippen LogP contribution in [0.3, 0.4) is 0 Å². The van der Waals surface area contributed by atoms with Crippen molar-refractivity contribution in [2.75, 3.05) is 0 Å². The van der Waals surface area contributed by atoms with E-state index < -0.39 is 0 Å². The molecule has 2 rings (SSSR count). The second-order valence-electron chi connectivity index (χ2n) is 1.88. The lowest BCUT2D eigenvalue weighted by atomic mass is 10.6. The van der Waals surface area contributed by atoms with Crippen LogP contribution in [0.1, 0.15) is 0 Å². The van der Waals surface area contributed by atoms with Gasteiger partial charge in [-0.05, 0) is 11.6 Å². The second kappa shape index (κ2) is 3.43. The fourth-order valence-electron chi connectivity index (χ4n) is 0.775. The topological polar surface area (TPSA) is 54.5 Å². The maximum absolute atomic E-state index is 5.69. The lowest BCUT2D eigenvalue weighted by molar-refractivity contribution is 1.20. The first-order valence-corrected chi connectivity index (χ1v) is 3.55. The van der Waals surface area contributed by atoms with Crippen LogP contribution in [-0.4, -0.2) is 19.9 Å². The van der Waals surface area contributed by atoms with Crippen molar-refractivity contribution in [1.29, 1.82) is 0 Å². The van der Waals surface area contributed by atoms with Crippen LogP contribution in [0.4, 0.5) is 0 Å². The third kappa shape index (κ3) is 1.46. The van der Waals surface area contributed by atoms with Gasteiger partial charge in [-0.2, -0.15) is 4.98 Å². The summed E-state index contributed by atoms with van der Waals surface area (Å²) >= 11 is 11.2. The van der Waals surface area contributed by atoms with Crippen molar-refractivity contribution in [3.8, 4) is 0 Å². The fourth-order valence-corrected chi connectivity index (χ4v) is 1.21.